The van der Waals surface area contributed by atoms with Crippen LogP contribution in [0.2, 0.25) is 0 Å². The summed E-state index contributed by atoms with van der Waals surface area (Å²) < 4.78 is 26.6. The number of rotatable bonds is 7. The van der Waals surface area contributed by atoms with Crippen LogP contribution in [0.1, 0.15) is 37.3 Å². The van der Waals surface area contributed by atoms with E-state index in [-0.39, 0.29) is 0 Å². The molecular weight excluding hydrogens is 308 g/mol. The van der Waals surface area contributed by atoms with Crippen LogP contribution in [0.25, 0.3) is 6.08 Å². The lowest BCUT2D eigenvalue weighted by Crippen LogP contribution is -2.36. The van der Waals surface area contributed by atoms with Gasteiger partial charge in [-0.25, -0.2) is 13.1 Å². The molecular formula is C18H28N2O2S. The van der Waals surface area contributed by atoms with E-state index in [9.17, 15) is 8.42 Å². The Balaban J connectivity index is 1.72. The van der Waals surface area contributed by atoms with Crippen molar-refractivity contribution >= 4 is 16.1 Å². The van der Waals surface area contributed by atoms with Crippen molar-refractivity contribution in [2.45, 2.75) is 33.1 Å². The molecule has 128 valence electrons. The second-order valence-corrected chi connectivity index (χ2v) is 8.21. The van der Waals surface area contributed by atoms with Gasteiger partial charge in [0, 0.05) is 18.5 Å². The van der Waals surface area contributed by atoms with E-state index in [1.54, 1.807) is 6.08 Å². The summed E-state index contributed by atoms with van der Waals surface area (Å²) >= 11 is 0. The van der Waals surface area contributed by atoms with Gasteiger partial charge in [0.05, 0.1) is 0 Å². The van der Waals surface area contributed by atoms with Gasteiger partial charge < -0.3 is 4.90 Å². The summed E-state index contributed by atoms with van der Waals surface area (Å²) in [7, 11) is -3.35. The van der Waals surface area contributed by atoms with E-state index in [4.69, 9.17) is 0 Å². The molecule has 0 aromatic heterocycles. The SMILES string of the molecule is Cc1ccc(/C=C/S(=O)(=O)NCCCN2CCC[C@@H](C)C2)cc1. The van der Waals surface area contributed by atoms with Crippen molar-refractivity contribution in [3.63, 3.8) is 0 Å². The van der Waals surface area contributed by atoms with Crippen molar-refractivity contribution in [2.75, 3.05) is 26.2 Å². The Bertz CT molecular complexity index is 608. The molecule has 1 heterocycles. The van der Waals surface area contributed by atoms with Gasteiger partial charge in [0.15, 0.2) is 0 Å². The first-order valence-corrected chi connectivity index (χ1v) is 9.96. The third kappa shape index (κ3) is 6.85. The Kier molecular flexibility index (Phi) is 6.81. The van der Waals surface area contributed by atoms with Crippen LogP contribution in [0, 0.1) is 12.8 Å². The van der Waals surface area contributed by atoms with E-state index in [0.29, 0.717) is 6.54 Å². The van der Waals surface area contributed by atoms with Crippen LogP contribution in [0.15, 0.2) is 29.7 Å². The molecule has 1 N–H and O–H groups in total. The molecule has 1 aliphatic rings. The highest BCUT2D eigenvalue weighted by Crippen LogP contribution is 2.15. The average molecular weight is 337 g/mol. The molecule has 0 radical (unpaired) electrons. The second kappa shape index (κ2) is 8.62. The second-order valence-electron chi connectivity index (χ2n) is 6.55. The fraction of sp³-hybridized carbons (Fsp3) is 0.556. The van der Waals surface area contributed by atoms with Crippen molar-refractivity contribution in [3.05, 3.63) is 40.8 Å². The number of piperidine rings is 1. The smallest absolute Gasteiger partial charge is 0.233 e. The monoisotopic (exact) mass is 336 g/mol. The average Bonchev–Trinajstić information content (AvgIpc) is 2.51. The lowest BCUT2D eigenvalue weighted by atomic mass is 10.0. The van der Waals surface area contributed by atoms with E-state index in [1.165, 1.54) is 18.2 Å². The van der Waals surface area contributed by atoms with Crippen molar-refractivity contribution in [1.29, 1.82) is 0 Å². The van der Waals surface area contributed by atoms with Crippen LogP contribution in [0.5, 0.6) is 0 Å². The topological polar surface area (TPSA) is 49.4 Å². The number of aryl methyl sites for hydroxylation is 1. The summed E-state index contributed by atoms with van der Waals surface area (Å²) in [6.07, 6.45) is 5.05. The van der Waals surface area contributed by atoms with Gasteiger partial charge in [-0.05, 0) is 56.8 Å². The first-order chi connectivity index (χ1) is 10.9. The molecule has 1 aromatic carbocycles. The summed E-state index contributed by atoms with van der Waals surface area (Å²) in [6.45, 7) is 8.03. The molecule has 4 nitrogen and oxygen atoms in total. The lowest BCUT2D eigenvalue weighted by Gasteiger charge is -2.30. The maximum Gasteiger partial charge on any atom is 0.233 e. The van der Waals surface area contributed by atoms with Crippen LogP contribution in [-0.4, -0.2) is 39.5 Å². The molecule has 23 heavy (non-hydrogen) atoms. The fourth-order valence-corrected chi connectivity index (χ4v) is 3.76. The summed E-state index contributed by atoms with van der Waals surface area (Å²) in [6, 6.07) is 7.77. The Morgan fingerprint density at radius 2 is 2.04 bits per heavy atom. The molecule has 0 saturated carbocycles. The summed E-state index contributed by atoms with van der Waals surface area (Å²) in [5.74, 6) is 0.762. The highest BCUT2D eigenvalue weighted by atomic mass is 32.2. The number of nitrogens with one attached hydrogen (secondary N) is 1. The van der Waals surface area contributed by atoms with Crippen molar-refractivity contribution in [3.8, 4) is 0 Å². The van der Waals surface area contributed by atoms with Gasteiger partial charge in [-0.3, -0.25) is 0 Å². The normalized spacial score (nSPS) is 20.2. The van der Waals surface area contributed by atoms with Crippen LogP contribution in [0.4, 0.5) is 0 Å². The van der Waals surface area contributed by atoms with Gasteiger partial charge in [-0.15, -0.1) is 0 Å². The van der Waals surface area contributed by atoms with Gasteiger partial charge in [0.1, 0.15) is 0 Å². The minimum Gasteiger partial charge on any atom is -0.303 e. The molecule has 1 aliphatic heterocycles. The third-order valence-corrected chi connectivity index (χ3v) is 5.31. The zero-order valence-electron chi connectivity index (χ0n) is 14.2. The molecule has 2 rings (SSSR count). The van der Waals surface area contributed by atoms with Crippen molar-refractivity contribution < 1.29 is 8.42 Å². The standard InChI is InChI=1S/C18H28N2O2S/c1-16-6-8-18(9-7-16)10-14-23(21,22)19-11-4-13-20-12-3-5-17(2)15-20/h6-10,14,17,19H,3-5,11-13,15H2,1-2H3/b14-10+/t17-/m1/s1. The van der Waals surface area contributed by atoms with Crippen LogP contribution < -0.4 is 4.72 Å². The number of likely N-dealkylation sites (tertiary alicyclic amines) is 1. The quantitative estimate of drug-likeness (QED) is 0.779. The summed E-state index contributed by atoms with van der Waals surface area (Å²) in [5.41, 5.74) is 2.05. The Morgan fingerprint density at radius 1 is 1.30 bits per heavy atom. The molecule has 1 fully saturated rings. The number of hydrogen-bond acceptors (Lipinski definition) is 3. The van der Waals surface area contributed by atoms with E-state index in [0.717, 1.165) is 43.1 Å². The molecule has 1 saturated heterocycles. The highest BCUT2D eigenvalue weighted by Gasteiger charge is 2.15. The van der Waals surface area contributed by atoms with Gasteiger partial charge in [0.2, 0.25) is 10.0 Å². The minimum absolute atomic E-state index is 0.492. The van der Waals surface area contributed by atoms with Gasteiger partial charge in [0.25, 0.3) is 0 Å². The van der Waals surface area contributed by atoms with Gasteiger partial charge in [-0.2, -0.15) is 0 Å². The molecule has 0 aliphatic carbocycles. The molecule has 1 atom stereocenters. The van der Waals surface area contributed by atoms with Crippen LogP contribution in [-0.2, 0) is 10.0 Å². The van der Waals surface area contributed by atoms with E-state index in [1.807, 2.05) is 31.2 Å². The van der Waals surface area contributed by atoms with E-state index in [2.05, 4.69) is 16.5 Å². The van der Waals surface area contributed by atoms with Crippen molar-refractivity contribution in [1.82, 2.24) is 9.62 Å². The molecule has 5 heteroatoms. The Hall–Kier alpha value is -1.17. The number of sulfonamides is 1. The van der Waals surface area contributed by atoms with E-state index < -0.39 is 10.0 Å². The van der Waals surface area contributed by atoms with Gasteiger partial charge >= 0.3 is 0 Å². The molecule has 1 aromatic rings. The van der Waals surface area contributed by atoms with Gasteiger partial charge in [-0.1, -0.05) is 36.8 Å². The molecule has 0 spiro atoms. The minimum atomic E-state index is -3.35. The number of hydrogen-bond donors (Lipinski definition) is 1. The Labute approximate surface area is 140 Å². The lowest BCUT2D eigenvalue weighted by molar-refractivity contribution is 0.182. The molecule has 0 bridgehead atoms. The van der Waals surface area contributed by atoms with Crippen LogP contribution >= 0.6 is 0 Å². The molecule has 0 unspecified atom stereocenters. The maximum absolute atomic E-state index is 12.0. The fourth-order valence-electron chi connectivity index (χ4n) is 2.90. The predicted molar refractivity (Wildman–Crippen MR) is 96.6 cm³/mol. The summed E-state index contributed by atoms with van der Waals surface area (Å²) in [4.78, 5) is 2.44. The van der Waals surface area contributed by atoms with Crippen molar-refractivity contribution in [2.24, 2.45) is 5.92 Å². The predicted octanol–water partition coefficient (Wildman–Crippen LogP) is 3.01. The largest absolute Gasteiger partial charge is 0.303 e. The first-order valence-electron chi connectivity index (χ1n) is 8.41. The van der Waals surface area contributed by atoms with E-state index >= 15 is 0 Å². The Morgan fingerprint density at radius 3 is 2.74 bits per heavy atom. The summed E-state index contributed by atoms with van der Waals surface area (Å²) in [5, 5.41) is 1.25. The number of benzene rings is 1. The zero-order chi connectivity index (χ0) is 16.7. The zero-order valence-corrected chi connectivity index (χ0v) is 15.0. The first kappa shape index (κ1) is 18.2. The molecule has 0 amide bonds. The third-order valence-electron chi connectivity index (χ3n) is 4.21. The maximum atomic E-state index is 12.0. The van der Waals surface area contributed by atoms with Crippen LogP contribution in [0.3, 0.4) is 0 Å². The number of nitrogens with zero attached hydrogens (tertiary/aromatic N) is 1. The highest BCUT2D eigenvalue weighted by molar-refractivity contribution is 7.92.